The first-order chi connectivity index (χ1) is 15.3. The molecule has 0 fully saturated rings. The van der Waals surface area contributed by atoms with Crippen molar-refractivity contribution in [1.29, 1.82) is 0 Å². The number of carbonyl (C=O) groups excluding carboxylic acids is 1. The number of nitrogens with one attached hydrogen (secondary N) is 2. The van der Waals surface area contributed by atoms with Crippen molar-refractivity contribution < 1.29 is 14.6 Å². The number of aliphatic hydroxyl groups excluding tert-OH is 1. The molecule has 0 saturated heterocycles. The molecule has 1 amide bonds. The second kappa shape index (κ2) is 12.7. The molecule has 0 heterocycles. The van der Waals surface area contributed by atoms with Gasteiger partial charge in [0.25, 0.3) is 5.91 Å². The molecular formula is C25H36N4O3. The van der Waals surface area contributed by atoms with Crippen molar-refractivity contribution in [3.05, 3.63) is 65.2 Å². The Balaban J connectivity index is 1.94. The molecule has 0 spiro atoms. The van der Waals surface area contributed by atoms with Crippen LogP contribution < -0.4 is 15.4 Å². The fourth-order valence-electron chi connectivity index (χ4n) is 3.14. The first kappa shape index (κ1) is 25.2. The average molecular weight is 441 g/mol. The van der Waals surface area contributed by atoms with Gasteiger partial charge in [0.2, 0.25) is 0 Å². The Labute approximate surface area is 191 Å². The van der Waals surface area contributed by atoms with Crippen molar-refractivity contribution in [2.24, 2.45) is 4.99 Å². The molecule has 2 aromatic carbocycles. The van der Waals surface area contributed by atoms with Crippen LogP contribution in [-0.2, 0) is 6.42 Å². The number of ether oxygens (including phenoxy) is 1. The number of amides is 1. The highest BCUT2D eigenvalue weighted by molar-refractivity contribution is 5.94. The molecule has 1 atom stereocenters. The van der Waals surface area contributed by atoms with Gasteiger partial charge in [-0.05, 0) is 62.6 Å². The van der Waals surface area contributed by atoms with Crippen molar-refractivity contribution >= 4 is 11.9 Å². The zero-order valence-corrected chi connectivity index (χ0v) is 19.8. The quantitative estimate of drug-likeness (QED) is 0.391. The molecule has 0 radical (unpaired) electrons. The Morgan fingerprint density at radius 1 is 1.12 bits per heavy atom. The summed E-state index contributed by atoms with van der Waals surface area (Å²) in [6.07, 6.45) is 0.0948. The van der Waals surface area contributed by atoms with Crippen molar-refractivity contribution in [2.75, 3.05) is 33.7 Å². The first-order valence-electron chi connectivity index (χ1n) is 11.1. The van der Waals surface area contributed by atoms with E-state index >= 15 is 0 Å². The van der Waals surface area contributed by atoms with Crippen LogP contribution in [0.15, 0.2) is 53.5 Å². The Morgan fingerprint density at radius 2 is 1.88 bits per heavy atom. The topological polar surface area (TPSA) is 86.2 Å². The van der Waals surface area contributed by atoms with Gasteiger partial charge in [0.1, 0.15) is 5.75 Å². The molecular weight excluding hydrogens is 404 g/mol. The van der Waals surface area contributed by atoms with Crippen molar-refractivity contribution in [3.63, 3.8) is 0 Å². The normalized spacial score (nSPS) is 12.4. The molecule has 1 unspecified atom stereocenters. The maximum Gasteiger partial charge on any atom is 0.253 e. The van der Waals surface area contributed by atoms with E-state index in [0.717, 1.165) is 23.3 Å². The van der Waals surface area contributed by atoms with Gasteiger partial charge in [-0.1, -0.05) is 24.3 Å². The fourth-order valence-corrected chi connectivity index (χ4v) is 3.14. The first-order valence-corrected chi connectivity index (χ1v) is 11.1. The number of hydrogen-bond donors (Lipinski definition) is 3. The SMILES string of the molecule is CCNC(=NCC(O)c1cccc(OC(C)C)c1)NCCc1cccc(C(=O)N(C)C)c1. The number of aliphatic hydroxyl groups is 1. The molecule has 174 valence electrons. The van der Waals surface area contributed by atoms with Gasteiger partial charge in [-0.25, -0.2) is 0 Å². The Kier molecular flexibility index (Phi) is 10.0. The largest absolute Gasteiger partial charge is 0.491 e. The second-order valence-electron chi connectivity index (χ2n) is 8.05. The van der Waals surface area contributed by atoms with Gasteiger partial charge in [-0.15, -0.1) is 0 Å². The van der Waals surface area contributed by atoms with E-state index in [9.17, 15) is 9.90 Å². The van der Waals surface area contributed by atoms with E-state index in [2.05, 4.69) is 15.6 Å². The maximum absolute atomic E-state index is 12.2. The third-order valence-electron chi connectivity index (χ3n) is 4.67. The van der Waals surface area contributed by atoms with Crippen LogP contribution in [0.3, 0.4) is 0 Å². The van der Waals surface area contributed by atoms with E-state index in [0.29, 0.717) is 24.6 Å². The van der Waals surface area contributed by atoms with Gasteiger partial charge in [-0.3, -0.25) is 9.79 Å². The smallest absolute Gasteiger partial charge is 0.253 e. The summed E-state index contributed by atoms with van der Waals surface area (Å²) in [4.78, 5) is 18.2. The third-order valence-corrected chi connectivity index (χ3v) is 4.67. The van der Waals surface area contributed by atoms with E-state index in [1.807, 2.05) is 69.3 Å². The van der Waals surface area contributed by atoms with Crippen molar-refractivity contribution in [2.45, 2.75) is 39.4 Å². The van der Waals surface area contributed by atoms with Gasteiger partial charge in [0.15, 0.2) is 5.96 Å². The molecule has 7 heteroatoms. The van der Waals surface area contributed by atoms with Crippen LogP contribution in [0.4, 0.5) is 0 Å². The molecule has 7 nitrogen and oxygen atoms in total. The predicted molar refractivity (Wildman–Crippen MR) is 129 cm³/mol. The van der Waals surface area contributed by atoms with Crippen molar-refractivity contribution in [1.82, 2.24) is 15.5 Å². The van der Waals surface area contributed by atoms with Gasteiger partial charge < -0.3 is 25.4 Å². The second-order valence-corrected chi connectivity index (χ2v) is 8.05. The molecule has 2 rings (SSSR count). The lowest BCUT2D eigenvalue weighted by Gasteiger charge is -2.15. The van der Waals surface area contributed by atoms with Crippen LogP contribution in [0, 0.1) is 0 Å². The number of hydrogen-bond acceptors (Lipinski definition) is 4. The van der Waals surface area contributed by atoms with E-state index in [1.165, 1.54) is 0 Å². The molecule has 0 aromatic heterocycles. The summed E-state index contributed by atoms with van der Waals surface area (Å²) in [7, 11) is 3.50. The molecule has 0 aliphatic rings. The van der Waals surface area contributed by atoms with Gasteiger partial charge in [0.05, 0.1) is 18.8 Å². The summed E-state index contributed by atoms with van der Waals surface area (Å²) >= 11 is 0. The third kappa shape index (κ3) is 8.23. The molecule has 2 aromatic rings. The summed E-state index contributed by atoms with van der Waals surface area (Å²) in [5, 5.41) is 17.1. The van der Waals surface area contributed by atoms with Crippen LogP contribution in [0.5, 0.6) is 5.75 Å². The lowest BCUT2D eigenvalue weighted by atomic mass is 10.1. The van der Waals surface area contributed by atoms with Gasteiger partial charge in [-0.2, -0.15) is 0 Å². The number of benzene rings is 2. The lowest BCUT2D eigenvalue weighted by Crippen LogP contribution is -2.38. The molecule has 0 aliphatic carbocycles. The maximum atomic E-state index is 12.2. The monoisotopic (exact) mass is 440 g/mol. The standard InChI is InChI=1S/C25H36N4O3/c1-6-26-25(27-14-13-19-9-7-11-21(15-19)24(31)29(4)5)28-17-23(30)20-10-8-12-22(16-20)32-18(2)3/h7-12,15-16,18,23,30H,6,13-14,17H2,1-5H3,(H2,26,27,28). The highest BCUT2D eigenvalue weighted by atomic mass is 16.5. The van der Waals surface area contributed by atoms with E-state index < -0.39 is 6.10 Å². The van der Waals surface area contributed by atoms with Crippen LogP contribution >= 0.6 is 0 Å². The van der Waals surface area contributed by atoms with E-state index in [-0.39, 0.29) is 18.6 Å². The number of carbonyl (C=O) groups is 1. The number of guanidine groups is 1. The molecule has 3 N–H and O–H groups in total. The molecule has 0 aliphatic heterocycles. The van der Waals surface area contributed by atoms with Crippen LogP contribution in [0.2, 0.25) is 0 Å². The van der Waals surface area contributed by atoms with Crippen molar-refractivity contribution in [3.8, 4) is 5.75 Å². The Bertz CT molecular complexity index is 896. The average Bonchev–Trinajstić information content (AvgIpc) is 2.76. The predicted octanol–water partition coefficient (Wildman–Crippen LogP) is 3.01. The van der Waals surface area contributed by atoms with Gasteiger partial charge >= 0.3 is 0 Å². The summed E-state index contributed by atoms with van der Waals surface area (Å²) in [6.45, 7) is 7.53. The summed E-state index contributed by atoms with van der Waals surface area (Å²) in [5.41, 5.74) is 2.52. The summed E-state index contributed by atoms with van der Waals surface area (Å²) in [5.74, 6) is 1.37. The Hall–Kier alpha value is -3.06. The molecule has 32 heavy (non-hydrogen) atoms. The van der Waals surface area contributed by atoms with E-state index in [1.54, 1.807) is 19.0 Å². The number of rotatable bonds is 10. The van der Waals surface area contributed by atoms with Crippen LogP contribution in [0.25, 0.3) is 0 Å². The highest BCUT2D eigenvalue weighted by Crippen LogP contribution is 2.20. The summed E-state index contributed by atoms with van der Waals surface area (Å²) in [6, 6.07) is 15.1. The number of aliphatic imine (C=N–C) groups is 1. The minimum atomic E-state index is -0.727. The van der Waals surface area contributed by atoms with Gasteiger partial charge in [0, 0.05) is 32.7 Å². The zero-order chi connectivity index (χ0) is 23.5. The minimum Gasteiger partial charge on any atom is -0.491 e. The zero-order valence-electron chi connectivity index (χ0n) is 19.8. The molecule has 0 saturated carbocycles. The summed E-state index contributed by atoms with van der Waals surface area (Å²) < 4.78 is 5.71. The van der Waals surface area contributed by atoms with Crippen LogP contribution in [-0.4, -0.2) is 61.7 Å². The number of nitrogens with zero attached hydrogens (tertiary/aromatic N) is 2. The molecule has 0 bridgehead atoms. The highest BCUT2D eigenvalue weighted by Gasteiger charge is 2.10. The van der Waals surface area contributed by atoms with E-state index in [4.69, 9.17) is 4.74 Å². The fraction of sp³-hybridized carbons (Fsp3) is 0.440. The van der Waals surface area contributed by atoms with Crippen LogP contribution in [0.1, 0.15) is 48.4 Å². The minimum absolute atomic E-state index is 0.00781. The Morgan fingerprint density at radius 3 is 2.56 bits per heavy atom. The lowest BCUT2D eigenvalue weighted by molar-refractivity contribution is 0.0827.